The molecule has 1 atom stereocenters. The molecular formula is C24H23Cl2N3O6S2. The fraction of sp³-hybridized carbons (Fsp3) is 0.250. The van der Waals surface area contributed by atoms with E-state index >= 15 is 0 Å². The monoisotopic (exact) mass is 583 g/mol. The van der Waals surface area contributed by atoms with Crippen LogP contribution in [-0.4, -0.2) is 66.9 Å². The minimum Gasteiger partial charge on any atom is -0.338 e. The fourth-order valence-electron chi connectivity index (χ4n) is 4.32. The number of amides is 1. The van der Waals surface area contributed by atoms with E-state index in [9.17, 15) is 21.6 Å². The highest BCUT2D eigenvalue weighted by molar-refractivity contribution is 7.89. The molecule has 0 bridgehead atoms. The lowest BCUT2D eigenvalue weighted by atomic mass is 9.98. The predicted octanol–water partition coefficient (Wildman–Crippen LogP) is 3.83. The fourth-order valence-corrected chi connectivity index (χ4v) is 7.11. The Morgan fingerprint density at radius 1 is 1.05 bits per heavy atom. The zero-order chi connectivity index (χ0) is 27.0. The maximum atomic E-state index is 13.9. The first kappa shape index (κ1) is 27.5. The van der Waals surface area contributed by atoms with Crippen LogP contribution >= 0.6 is 23.2 Å². The molecule has 2 aromatic carbocycles. The highest BCUT2D eigenvalue weighted by Crippen LogP contribution is 2.36. The third-order valence-corrected chi connectivity index (χ3v) is 9.52. The minimum absolute atomic E-state index is 0.0380. The maximum Gasteiger partial charge on any atom is 0.274 e. The topological polar surface area (TPSA) is 125 Å². The normalized spacial score (nSPS) is 17.1. The van der Waals surface area contributed by atoms with Crippen molar-refractivity contribution in [2.45, 2.75) is 17.9 Å². The highest BCUT2D eigenvalue weighted by atomic mass is 35.5. The Morgan fingerprint density at radius 3 is 2.49 bits per heavy atom. The Labute approximate surface area is 225 Å². The second-order valence-electron chi connectivity index (χ2n) is 8.54. The summed E-state index contributed by atoms with van der Waals surface area (Å²) in [5, 5.41) is 0.709. The molecule has 1 fully saturated rings. The number of aromatic nitrogens is 1. The van der Waals surface area contributed by atoms with E-state index in [2.05, 4.69) is 4.98 Å². The van der Waals surface area contributed by atoms with Gasteiger partial charge in [-0.15, -0.1) is 0 Å². The first-order valence-corrected chi connectivity index (χ1v) is 14.9. The van der Waals surface area contributed by atoms with Gasteiger partial charge >= 0.3 is 0 Å². The number of hydrogen-bond donors (Lipinski definition) is 1. The Balaban J connectivity index is 1.79. The van der Waals surface area contributed by atoms with Gasteiger partial charge in [0, 0.05) is 42.6 Å². The summed E-state index contributed by atoms with van der Waals surface area (Å²) in [5.74, 6) is -1.91. The van der Waals surface area contributed by atoms with E-state index in [1.807, 2.05) is 6.07 Å². The molecule has 0 radical (unpaired) electrons. The first-order chi connectivity index (χ1) is 17.4. The Kier molecular flexibility index (Phi) is 7.93. The van der Waals surface area contributed by atoms with E-state index < -0.39 is 37.8 Å². The van der Waals surface area contributed by atoms with Crippen LogP contribution < -0.4 is 0 Å². The number of benzene rings is 2. The van der Waals surface area contributed by atoms with Crippen molar-refractivity contribution in [3.05, 3.63) is 82.1 Å². The van der Waals surface area contributed by atoms with Gasteiger partial charge < -0.3 is 4.90 Å². The van der Waals surface area contributed by atoms with Gasteiger partial charge in [0.25, 0.3) is 10.1 Å². The van der Waals surface area contributed by atoms with E-state index in [-0.39, 0.29) is 24.5 Å². The number of piperazine rings is 1. The summed E-state index contributed by atoms with van der Waals surface area (Å²) in [6, 6.07) is 12.6. The number of nitrogens with zero attached hydrogens (tertiary/aromatic N) is 3. The number of rotatable bonds is 6. The van der Waals surface area contributed by atoms with E-state index in [0.29, 0.717) is 32.3 Å². The molecular weight excluding hydrogens is 561 g/mol. The molecule has 9 nitrogen and oxygen atoms in total. The molecule has 1 N–H and O–H groups in total. The van der Waals surface area contributed by atoms with Crippen LogP contribution in [0.25, 0.3) is 11.1 Å². The Bertz CT molecular complexity index is 1560. The summed E-state index contributed by atoms with van der Waals surface area (Å²) in [6.45, 7) is 1.33. The molecule has 1 aliphatic rings. The van der Waals surface area contributed by atoms with Crippen LogP contribution in [0.1, 0.15) is 17.2 Å². The molecule has 1 aliphatic heterocycles. The number of pyridine rings is 1. The van der Waals surface area contributed by atoms with Crippen molar-refractivity contribution >= 4 is 49.3 Å². The molecule has 0 aliphatic carbocycles. The van der Waals surface area contributed by atoms with Crippen molar-refractivity contribution in [3.63, 3.8) is 0 Å². The molecule has 0 spiro atoms. The van der Waals surface area contributed by atoms with Gasteiger partial charge in [-0.3, -0.25) is 14.3 Å². The third-order valence-electron chi connectivity index (χ3n) is 6.15. The summed E-state index contributed by atoms with van der Waals surface area (Å²) >= 11 is 12.5. The van der Waals surface area contributed by atoms with Crippen LogP contribution in [-0.2, 0) is 24.9 Å². The average molecular weight is 585 g/mol. The molecule has 196 valence electrons. The van der Waals surface area contributed by atoms with E-state index in [4.69, 9.17) is 27.8 Å². The minimum atomic E-state index is -4.56. The molecule has 37 heavy (non-hydrogen) atoms. The third kappa shape index (κ3) is 5.97. The van der Waals surface area contributed by atoms with Gasteiger partial charge in [-0.2, -0.15) is 12.7 Å². The quantitative estimate of drug-likeness (QED) is 0.437. The largest absolute Gasteiger partial charge is 0.338 e. The molecule has 2 heterocycles. The number of sulfonamides is 1. The SMILES string of the molecule is Cc1c(Cl)cccc1S(=O)(=O)N1CCN(C(=O)CS(=O)(=O)O)CC1c1cccc(-c2ccncc2Cl)c1. The average Bonchev–Trinajstić information content (AvgIpc) is 2.84. The first-order valence-electron chi connectivity index (χ1n) is 11.1. The van der Waals surface area contributed by atoms with Crippen LogP contribution in [0.3, 0.4) is 0 Å². The van der Waals surface area contributed by atoms with Gasteiger partial charge in [-0.1, -0.05) is 47.5 Å². The van der Waals surface area contributed by atoms with Crippen LogP contribution in [0.5, 0.6) is 0 Å². The van der Waals surface area contributed by atoms with Crippen LogP contribution in [0.15, 0.2) is 65.8 Å². The zero-order valence-electron chi connectivity index (χ0n) is 19.6. The lowest BCUT2D eigenvalue weighted by Gasteiger charge is -2.41. The molecule has 1 amide bonds. The van der Waals surface area contributed by atoms with Crippen LogP contribution in [0, 0.1) is 6.92 Å². The van der Waals surface area contributed by atoms with Gasteiger partial charge in [0.1, 0.15) is 0 Å². The summed E-state index contributed by atoms with van der Waals surface area (Å²) in [6.07, 6.45) is 3.08. The van der Waals surface area contributed by atoms with Gasteiger partial charge in [0.2, 0.25) is 15.9 Å². The standard InChI is InChI=1S/C24H23Cl2N3O6S2/c1-16-20(25)6-3-7-23(16)37(34,35)29-11-10-28(24(30)15-36(31,32)33)14-22(29)18-5-2-4-17(12-18)19-8-9-27-13-21(19)26/h2-9,12-13,22H,10-11,14-15H2,1H3,(H,31,32,33). The molecule has 4 rings (SSSR count). The van der Waals surface area contributed by atoms with Crippen molar-refractivity contribution < 1.29 is 26.2 Å². The van der Waals surface area contributed by atoms with Crippen molar-refractivity contribution in [1.82, 2.24) is 14.2 Å². The number of halogens is 2. The van der Waals surface area contributed by atoms with Gasteiger partial charge in [0.05, 0.1) is 16.0 Å². The Hall–Kier alpha value is -2.54. The molecule has 3 aromatic rings. The summed E-state index contributed by atoms with van der Waals surface area (Å²) < 4.78 is 60.8. The van der Waals surface area contributed by atoms with Crippen LogP contribution in [0.2, 0.25) is 10.0 Å². The molecule has 0 saturated carbocycles. The van der Waals surface area contributed by atoms with Crippen molar-refractivity contribution in [3.8, 4) is 11.1 Å². The molecule has 1 unspecified atom stereocenters. The highest BCUT2D eigenvalue weighted by Gasteiger charge is 2.39. The van der Waals surface area contributed by atoms with E-state index in [0.717, 1.165) is 0 Å². The van der Waals surface area contributed by atoms with E-state index in [1.165, 1.54) is 21.5 Å². The van der Waals surface area contributed by atoms with Gasteiger partial charge in [0.15, 0.2) is 5.75 Å². The molecule has 1 aromatic heterocycles. The number of carbonyl (C=O) groups is 1. The summed E-state index contributed by atoms with van der Waals surface area (Å²) in [4.78, 5) is 17.9. The van der Waals surface area contributed by atoms with Crippen LogP contribution in [0.4, 0.5) is 0 Å². The van der Waals surface area contributed by atoms with Gasteiger partial charge in [-0.05, 0) is 47.9 Å². The van der Waals surface area contributed by atoms with Crippen molar-refractivity contribution in [2.24, 2.45) is 0 Å². The maximum absolute atomic E-state index is 13.9. The van der Waals surface area contributed by atoms with E-state index in [1.54, 1.807) is 49.5 Å². The lowest BCUT2D eigenvalue weighted by molar-refractivity contribution is -0.130. The Morgan fingerprint density at radius 2 is 1.78 bits per heavy atom. The lowest BCUT2D eigenvalue weighted by Crippen LogP contribution is -2.53. The summed E-state index contributed by atoms with van der Waals surface area (Å²) in [5.41, 5.74) is 2.36. The zero-order valence-corrected chi connectivity index (χ0v) is 22.7. The molecule has 13 heteroatoms. The van der Waals surface area contributed by atoms with Gasteiger partial charge in [-0.25, -0.2) is 8.42 Å². The van der Waals surface area contributed by atoms with Crippen molar-refractivity contribution in [1.29, 1.82) is 0 Å². The second kappa shape index (κ2) is 10.7. The second-order valence-corrected chi connectivity index (χ2v) is 12.7. The summed E-state index contributed by atoms with van der Waals surface area (Å²) in [7, 11) is -8.63. The number of carbonyl (C=O) groups excluding carboxylic acids is 1. The smallest absolute Gasteiger partial charge is 0.274 e. The predicted molar refractivity (Wildman–Crippen MR) is 141 cm³/mol. The molecule has 1 saturated heterocycles. The van der Waals surface area contributed by atoms with Crippen molar-refractivity contribution in [2.75, 3.05) is 25.4 Å². The number of hydrogen-bond acceptors (Lipinski definition) is 6.